The van der Waals surface area contributed by atoms with Crippen LogP contribution in [0.2, 0.25) is 0 Å². The third-order valence-electron chi connectivity index (χ3n) is 3.98. The number of hydrogen-bond acceptors (Lipinski definition) is 5. The van der Waals surface area contributed by atoms with Crippen molar-refractivity contribution in [1.82, 2.24) is 15.1 Å². The van der Waals surface area contributed by atoms with Crippen LogP contribution in [-0.2, 0) is 14.3 Å². The summed E-state index contributed by atoms with van der Waals surface area (Å²) in [4.78, 5) is 27.3. The van der Waals surface area contributed by atoms with Crippen LogP contribution >= 0.6 is 0 Å². The monoisotopic (exact) mass is 299 g/mol. The normalized spacial score (nSPS) is 18.6. The van der Waals surface area contributed by atoms with E-state index in [1.165, 1.54) is 7.11 Å². The lowest BCUT2D eigenvalue weighted by atomic mass is 9.99. The van der Waals surface area contributed by atoms with Gasteiger partial charge in [0.2, 0.25) is 5.91 Å². The molecule has 1 heterocycles. The molecule has 0 saturated carbocycles. The van der Waals surface area contributed by atoms with Gasteiger partial charge in [0.25, 0.3) is 0 Å². The number of rotatable bonds is 6. The standard InChI is InChI=1S/C15H29N3O3/c1-11(2)14(15(20)21-5)16-12-6-8-18(9-7-12)10-13(19)17(3)4/h11-12,14,16H,6-10H2,1-5H3. The minimum absolute atomic E-state index is 0.135. The van der Waals surface area contributed by atoms with E-state index < -0.39 is 0 Å². The first-order valence-electron chi connectivity index (χ1n) is 7.61. The zero-order valence-corrected chi connectivity index (χ0v) is 13.9. The molecule has 0 bridgehead atoms. The largest absolute Gasteiger partial charge is 0.468 e. The number of likely N-dealkylation sites (tertiary alicyclic amines) is 1. The molecule has 1 fully saturated rings. The summed E-state index contributed by atoms with van der Waals surface area (Å²) >= 11 is 0. The van der Waals surface area contributed by atoms with Crippen LogP contribution in [0.3, 0.4) is 0 Å². The Bertz CT molecular complexity index is 350. The molecule has 1 rings (SSSR count). The van der Waals surface area contributed by atoms with Crippen molar-refractivity contribution in [3.8, 4) is 0 Å². The molecular formula is C15H29N3O3. The fourth-order valence-corrected chi connectivity index (χ4v) is 2.50. The van der Waals surface area contributed by atoms with Crippen molar-refractivity contribution in [1.29, 1.82) is 0 Å². The Morgan fingerprint density at radius 1 is 1.29 bits per heavy atom. The molecule has 1 amide bonds. The molecule has 0 aromatic carbocycles. The third-order valence-corrected chi connectivity index (χ3v) is 3.98. The van der Waals surface area contributed by atoms with E-state index >= 15 is 0 Å². The lowest BCUT2D eigenvalue weighted by Gasteiger charge is -2.34. The van der Waals surface area contributed by atoms with Gasteiger partial charge in [-0.2, -0.15) is 0 Å². The van der Waals surface area contributed by atoms with Crippen molar-refractivity contribution in [2.45, 2.75) is 38.8 Å². The van der Waals surface area contributed by atoms with Crippen LogP contribution in [0.5, 0.6) is 0 Å². The van der Waals surface area contributed by atoms with Gasteiger partial charge in [-0.15, -0.1) is 0 Å². The quantitative estimate of drug-likeness (QED) is 0.716. The van der Waals surface area contributed by atoms with Crippen LogP contribution in [0.15, 0.2) is 0 Å². The van der Waals surface area contributed by atoms with Gasteiger partial charge in [0.05, 0.1) is 13.7 Å². The van der Waals surface area contributed by atoms with Crippen LogP contribution in [-0.4, -0.2) is 74.6 Å². The number of amides is 1. The number of piperidine rings is 1. The second-order valence-corrected chi connectivity index (χ2v) is 6.25. The molecule has 6 nitrogen and oxygen atoms in total. The van der Waals surface area contributed by atoms with Gasteiger partial charge in [-0.25, -0.2) is 0 Å². The number of esters is 1. The lowest BCUT2D eigenvalue weighted by molar-refractivity contribution is -0.144. The van der Waals surface area contributed by atoms with Crippen molar-refractivity contribution in [2.75, 3.05) is 40.8 Å². The summed E-state index contributed by atoms with van der Waals surface area (Å²) in [6.07, 6.45) is 1.89. The molecule has 1 atom stereocenters. The number of hydrogen-bond donors (Lipinski definition) is 1. The maximum absolute atomic E-state index is 11.8. The van der Waals surface area contributed by atoms with Crippen molar-refractivity contribution in [3.05, 3.63) is 0 Å². The van der Waals surface area contributed by atoms with Gasteiger partial charge >= 0.3 is 5.97 Å². The predicted octanol–water partition coefficient (Wildman–Crippen LogP) is 0.326. The molecule has 1 unspecified atom stereocenters. The van der Waals surface area contributed by atoms with E-state index in [2.05, 4.69) is 10.2 Å². The maximum atomic E-state index is 11.8. The van der Waals surface area contributed by atoms with Gasteiger partial charge in [-0.1, -0.05) is 13.8 Å². The molecule has 1 N–H and O–H groups in total. The summed E-state index contributed by atoms with van der Waals surface area (Å²) < 4.78 is 4.85. The molecule has 21 heavy (non-hydrogen) atoms. The van der Waals surface area contributed by atoms with E-state index in [1.54, 1.807) is 19.0 Å². The highest BCUT2D eigenvalue weighted by atomic mass is 16.5. The minimum atomic E-state index is -0.255. The van der Waals surface area contributed by atoms with E-state index in [-0.39, 0.29) is 23.8 Å². The Morgan fingerprint density at radius 2 is 1.86 bits per heavy atom. The summed E-state index contributed by atoms with van der Waals surface area (Å²) in [5.74, 6) is 0.136. The first-order valence-corrected chi connectivity index (χ1v) is 7.61. The van der Waals surface area contributed by atoms with Gasteiger partial charge in [-0.3, -0.25) is 14.5 Å². The Hall–Kier alpha value is -1.14. The van der Waals surface area contributed by atoms with E-state index in [0.29, 0.717) is 12.6 Å². The number of carbonyl (C=O) groups is 2. The maximum Gasteiger partial charge on any atom is 0.323 e. The number of ether oxygens (including phenoxy) is 1. The first-order chi connectivity index (χ1) is 9.85. The van der Waals surface area contributed by atoms with Crippen molar-refractivity contribution < 1.29 is 14.3 Å². The van der Waals surface area contributed by atoms with Gasteiger partial charge < -0.3 is 15.0 Å². The molecule has 0 spiro atoms. The lowest BCUT2D eigenvalue weighted by Crippen LogP contribution is -2.52. The SMILES string of the molecule is COC(=O)C(NC1CCN(CC(=O)N(C)C)CC1)C(C)C. The molecular weight excluding hydrogens is 270 g/mol. The number of nitrogens with one attached hydrogen (secondary N) is 1. The molecule has 0 aliphatic carbocycles. The van der Waals surface area contributed by atoms with Crippen LogP contribution < -0.4 is 5.32 Å². The minimum Gasteiger partial charge on any atom is -0.468 e. The second kappa shape index (κ2) is 8.34. The second-order valence-electron chi connectivity index (χ2n) is 6.25. The average Bonchev–Trinajstić information content (AvgIpc) is 2.45. The van der Waals surface area contributed by atoms with E-state index in [9.17, 15) is 9.59 Å². The van der Waals surface area contributed by atoms with Gasteiger partial charge in [0, 0.05) is 33.2 Å². The number of nitrogens with zero attached hydrogens (tertiary/aromatic N) is 2. The molecule has 1 aliphatic rings. The topological polar surface area (TPSA) is 61.9 Å². The predicted molar refractivity (Wildman–Crippen MR) is 81.9 cm³/mol. The van der Waals surface area contributed by atoms with Gasteiger partial charge in [0.1, 0.15) is 6.04 Å². The first kappa shape index (κ1) is 17.9. The highest BCUT2D eigenvalue weighted by Gasteiger charge is 2.28. The van der Waals surface area contributed by atoms with Gasteiger partial charge in [0.15, 0.2) is 0 Å². The molecule has 1 saturated heterocycles. The summed E-state index contributed by atoms with van der Waals surface area (Å²) in [5.41, 5.74) is 0. The molecule has 0 aromatic heterocycles. The van der Waals surface area contributed by atoms with E-state index in [0.717, 1.165) is 25.9 Å². The fraction of sp³-hybridized carbons (Fsp3) is 0.867. The summed E-state index contributed by atoms with van der Waals surface area (Å²) in [6, 6.07) is 0.0529. The Balaban J connectivity index is 2.42. The van der Waals surface area contributed by atoms with E-state index in [4.69, 9.17) is 4.74 Å². The van der Waals surface area contributed by atoms with E-state index in [1.807, 2.05) is 13.8 Å². The van der Waals surface area contributed by atoms with Crippen LogP contribution in [0.4, 0.5) is 0 Å². The highest BCUT2D eigenvalue weighted by molar-refractivity contribution is 5.77. The zero-order chi connectivity index (χ0) is 16.0. The smallest absolute Gasteiger partial charge is 0.323 e. The fourth-order valence-electron chi connectivity index (χ4n) is 2.50. The summed E-state index contributed by atoms with van der Waals surface area (Å²) in [6.45, 7) is 6.26. The van der Waals surface area contributed by atoms with Crippen molar-refractivity contribution >= 4 is 11.9 Å². The molecule has 6 heteroatoms. The summed E-state index contributed by atoms with van der Waals surface area (Å²) in [5, 5.41) is 3.41. The Kier molecular flexibility index (Phi) is 7.11. The summed E-state index contributed by atoms with van der Waals surface area (Å²) in [7, 11) is 4.98. The van der Waals surface area contributed by atoms with Crippen LogP contribution in [0.25, 0.3) is 0 Å². The molecule has 1 aliphatic heterocycles. The number of methoxy groups -OCH3 is 1. The Morgan fingerprint density at radius 3 is 2.29 bits per heavy atom. The molecule has 122 valence electrons. The van der Waals surface area contributed by atoms with Crippen LogP contribution in [0, 0.1) is 5.92 Å². The Labute approximate surface area is 127 Å². The molecule has 0 aromatic rings. The van der Waals surface area contributed by atoms with Crippen molar-refractivity contribution in [3.63, 3.8) is 0 Å². The number of likely N-dealkylation sites (N-methyl/N-ethyl adjacent to an activating group) is 1. The number of carbonyl (C=O) groups excluding carboxylic acids is 2. The average molecular weight is 299 g/mol. The highest BCUT2D eigenvalue weighted by Crippen LogP contribution is 2.14. The zero-order valence-electron chi connectivity index (χ0n) is 13.9. The van der Waals surface area contributed by atoms with Gasteiger partial charge in [-0.05, 0) is 18.8 Å². The van der Waals surface area contributed by atoms with Crippen LogP contribution in [0.1, 0.15) is 26.7 Å². The molecule has 0 radical (unpaired) electrons. The third kappa shape index (κ3) is 5.63. The van der Waals surface area contributed by atoms with Crippen molar-refractivity contribution in [2.24, 2.45) is 5.92 Å².